The van der Waals surface area contributed by atoms with Gasteiger partial charge < -0.3 is 5.32 Å². The Morgan fingerprint density at radius 2 is 1.95 bits per heavy atom. The number of hydrogen-bond donors (Lipinski definition) is 1. The van der Waals surface area contributed by atoms with Crippen LogP contribution in [0.15, 0.2) is 48.5 Å². The minimum atomic E-state index is -0.367. The second-order valence-corrected chi connectivity index (χ2v) is 5.60. The third-order valence-corrected chi connectivity index (χ3v) is 3.89. The van der Waals surface area contributed by atoms with Crippen LogP contribution in [0.1, 0.15) is 21.5 Å². The lowest BCUT2D eigenvalue weighted by Crippen LogP contribution is -2.40. The number of urea groups is 1. The maximum atomic E-state index is 12.2. The van der Waals surface area contributed by atoms with Gasteiger partial charge in [-0.1, -0.05) is 48.0 Å². The second kappa shape index (κ2) is 6.20. The van der Waals surface area contributed by atoms with Crippen LogP contribution in [0.4, 0.5) is 4.79 Å². The summed E-state index contributed by atoms with van der Waals surface area (Å²) < 4.78 is 0. The van der Waals surface area contributed by atoms with Crippen molar-refractivity contribution in [1.29, 1.82) is 0 Å². The lowest BCUT2D eigenvalue weighted by molar-refractivity contribution is 0.0821. The van der Waals surface area contributed by atoms with Crippen molar-refractivity contribution in [3.8, 4) is 0 Å². The van der Waals surface area contributed by atoms with Gasteiger partial charge in [0.2, 0.25) is 0 Å². The Bertz CT molecular complexity index is 716. The number of halogens is 1. The molecule has 0 unspecified atom stereocenters. The summed E-state index contributed by atoms with van der Waals surface area (Å²) in [6, 6.07) is 14.6. The monoisotopic (exact) mass is 314 g/mol. The van der Waals surface area contributed by atoms with Gasteiger partial charge in [-0.05, 0) is 29.7 Å². The maximum absolute atomic E-state index is 12.2. The molecule has 1 aliphatic heterocycles. The molecular formula is C17H15ClN2O2. The molecule has 112 valence electrons. The van der Waals surface area contributed by atoms with E-state index < -0.39 is 0 Å². The molecule has 4 nitrogen and oxygen atoms in total. The molecule has 1 aliphatic rings. The third kappa shape index (κ3) is 2.97. The predicted octanol–water partition coefficient (Wildman–Crippen LogP) is 3.25. The van der Waals surface area contributed by atoms with E-state index in [-0.39, 0.29) is 11.9 Å². The summed E-state index contributed by atoms with van der Waals surface area (Å²) in [6.45, 7) is 0.784. The van der Waals surface area contributed by atoms with Crippen LogP contribution in [0.3, 0.4) is 0 Å². The Balaban J connectivity index is 1.59. The summed E-state index contributed by atoms with van der Waals surface area (Å²) in [6.07, 6.45) is 0.730. The standard InChI is InChI=1S/C17H15ClN2O2/c18-14-7-6-13-11-20(16(21)15(13)10-14)17(22)19-9-8-12-4-2-1-3-5-12/h1-7,10H,8-9,11H2,(H,19,22). The number of nitrogens with one attached hydrogen (secondary N) is 1. The molecule has 0 aliphatic carbocycles. The highest BCUT2D eigenvalue weighted by molar-refractivity contribution is 6.31. The molecule has 0 atom stereocenters. The van der Waals surface area contributed by atoms with E-state index in [1.165, 1.54) is 4.90 Å². The normalized spacial score (nSPS) is 13.1. The van der Waals surface area contributed by atoms with E-state index in [4.69, 9.17) is 11.6 Å². The summed E-state index contributed by atoms with van der Waals surface area (Å²) in [5.41, 5.74) is 2.48. The fourth-order valence-electron chi connectivity index (χ4n) is 2.49. The Labute approximate surface area is 133 Å². The molecule has 0 saturated carbocycles. The second-order valence-electron chi connectivity index (χ2n) is 5.16. The van der Waals surface area contributed by atoms with E-state index in [9.17, 15) is 9.59 Å². The van der Waals surface area contributed by atoms with Gasteiger partial charge in [0.25, 0.3) is 5.91 Å². The van der Waals surface area contributed by atoms with E-state index in [0.29, 0.717) is 23.7 Å². The highest BCUT2D eigenvalue weighted by Crippen LogP contribution is 2.25. The van der Waals surface area contributed by atoms with E-state index >= 15 is 0 Å². The number of rotatable bonds is 3. The summed E-state index contributed by atoms with van der Waals surface area (Å²) in [4.78, 5) is 25.6. The molecule has 22 heavy (non-hydrogen) atoms. The zero-order chi connectivity index (χ0) is 15.5. The molecule has 3 rings (SSSR count). The molecule has 2 aromatic carbocycles. The van der Waals surface area contributed by atoms with Crippen molar-refractivity contribution in [1.82, 2.24) is 10.2 Å². The first-order valence-corrected chi connectivity index (χ1v) is 7.45. The number of hydrogen-bond acceptors (Lipinski definition) is 2. The first-order chi connectivity index (χ1) is 10.6. The van der Waals surface area contributed by atoms with Gasteiger partial charge in [0.15, 0.2) is 0 Å². The number of carbonyl (C=O) groups excluding carboxylic acids is 2. The number of nitrogens with zero attached hydrogens (tertiary/aromatic N) is 1. The summed E-state index contributed by atoms with van der Waals surface area (Å²) in [5, 5.41) is 3.28. The highest BCUT2D eigenvalue weighted by Gasteiger charge is 2.31. The average molecular weight is 315 g/mol. The predicted molar refractivity (Wildman–Crippen MR) is 84.9 cm³/mol. The number of carbonyl (C=O) groups is 2. The van der Waals surface area contributed by atoms with Crippen LogP contribution in [0.2, 0.25) is 5.02 Å². The van der Waals surface area contributed by atoms with E-state index in [1.807, 2.05) is 30.3 Å². The third-order valence-electron chi connectivity index (χ3n) is 3.65. The fraction of sp³-hybridized carbons (Fsp3) is 0.176. The topological polar surface area (TPSA) is 49.4 Å². The molecule has 1 N–H and O–H groups in total. The van der Waals surface area contributed by atoms with Crippen LogP contribution >= 0.6 is 11.6 Å². The van der Waals surface area contributed by atoms with Gasteiger partial charge in [-0.2, -0.15) is 0 Å². The van der Waals surface area contributed by atoms with Crippen molar-refractivity contribution in [2.45, 2.75) is 13.0 Å². The van der Waals surface area contributed by atoms with Crippen LogP contribution in [-0.2, 0) is 13.0 Å². The summed E-state index contributed by atoms with van der Waals surface area (Å²) in [7, 11) is 0. The van der Waals surface area contributed by atoms with Gasteiger partial charge in [-0.15, -0.1) is 0 Å². The van der Waals surface area contributed by atoms with Gasteiger partial charge in [0, 0.05) is 17.1 Å². The lowest BCUT2D eigenvalue weighted by Gasteiger charge is -2.14. The Kier molecular flexibility index (Phi) is 4.11. The van der Waals surface area contributed by atoms with Gasteiger partial charge in [0.1, 0.15) is 0 Å². The minimum Gasteiger partial charge on any atom is -0.337 e. The van der Waals surface area contributed by atoms with Crippen molar-refractivity contribution >= 4 is 23.5 Å². The number of amides is 3. The average Bonchev–Trinajstić information content (AvgIpc) is 2.85. The molecule has 5 heteroatoms. The van der Waals surface area contributed by atoms with Crippen molar-refractivity contribution in [2.24, 2.45) is 0 Å². The van der Waals surface area contributed by atoms with Crippen molar-refractivity contribution in [2.75, 3.05) is 6.54 Å². The molecule has 0 spiro atoms. The zero-order valence-corrected chi connectivity index (χ0v) is 12.6. The van der Waals surface area contributed by atoms with Crippen LogP contribution in [0.5, 0.6) is 0 Å². The molecule has 3 amide bonds. The van der Waals surface area contributed by atoms with E-state index in [2.05, 4.69) is 5.32 Å². The molecule has 0 fully saturated rings. The van der Waals surface area contributed by atoms with Crippen LogP contribution < -0.4 is 5.32 Å². The number of imide groups is 1. The van der Waals surface area contributed by atoms with Crippen molar-refractivity contribution < 1.29 is 9.59 Å². The molecule has 0 bridgehead atoms. The first kappa shape index (κ1) is 14.6. The van der Waals surface area contributed by atoms with Gasteiger partial charge >= 0.3 is 6.03 Å². The molecule has 0 radical (unpaired) electrons. The smallest absolute Gasteiger partial charge is 0.324 e. The van der Waals surface area contributed by atoms with Gasteiger partial charge in [-0.25, -0.2) is 4.79 Å². The molecule has 0 aromatic heterocycles. The quantitative estimate of drug-likeness (QED) is 0.945. The maximum Gasteiger partial charge on any atom is 0.324 e. The Morgan fingerprint density at radius 3 is 2.73 bits per heavy atom. The molecule has 0 saturated heterocycles. The molecule has 1 heterocycles. The summed E-state index contributed by atoms with van der Waals surface area (Å²) in [5.74, 6) is -0.297. The number of fused-ring (bicyclic) bond motifs is 1. The van der Waals surface area contributed by atoms with Crippen molar-refractivity contribution in [3.63, 3.8) is 0 Å². The Morgan fingerprint density at radius 1 is 1.18 bits per heavy atom. The summed E-state index contributed by atoms with van der Waals surface area (Å²) >= 11 is 5.90. The largest absolute Gasteiger partial charge is 0.337 e. The van der Waals surface area contributed by atoms with E-state index in [0.717, 1.165) is 17.5 Å². The molecular weight excluding hydrogens is 300 g/mol. The van der Waals surface area contributed by atoms with Crippen molar-refractivity contribution in [3.05, 3.63) is 70.2 Å². The van der Waals surface area contributed by atoms with E-state index in [1.54, 1.807) is 18.2 Å². The van der Waals surface area contributed by atoms with Crippen LogP contribution in [0, 0.1) is 0 Å². The van der Waals surface area contributed by atoms with Gasteiger partial charge in [-0.3, -0.25) is 9.69 Å². The number of benzene rings is 2. The zero-order valence-electron chi connectivity index (χ0n) is 11.9. The lowest BCUT2D eigenvalue weighted by atomic mass is 10.1. The highest BCUT2D eigenvalue weighted by atomic mass is 35.5. The fourth-order valence-corrected chi connectivity index (χ4v) is 2.66. The minimum absolute atomic E-state index is 0.294. The Hall–Kier alpha value is -2.33. The molecule has 2 aromatic rings. The van der Waals surface area contributed by atoms with Crippen LogP contribution in [0.25, 0.3) is 0 Å². The van der Waals surface area contributed by atoms with Crippen LogP contribution in [-0.4, -0.2) is 23.4 Å². The SMILES string of the molecule is O=C(NCCc1ccccc1)N1Cc2ccc(Cl)cc2C1=O. The van der Waals surface area contributed by atoms with Gasteiger partial charge in [0.05, 0.1) is 6.54 Å². The first-order valence-electron chi connectivity index (χ1n) is 7.07.